The summed E-state index contributed by atoms with van der Waals surface area (Å²) in [6.45, 7) is 3.79. The van der Waals surface area contributed by atoms with Crippen LogP contribution in [0, 0.1) is 0 Å². The van der Waals surface area contributed by atoms with Crippen LogP contribution in [-0.2, 0) is 0 Å². The van der Waals surface area contributed by atoms with Gasteiger partial charge in [0.1, 0.15) is 0 Å². The number of anilines is 4. The first-order valence-electron chi connectivity index (χ1n) is 9.03. The van der Waals surface area contributed by atoms with E-state index in [0.717, 1.165) is 51.9 Å². The van der Waals surface area contributed by atoms with Crippen LogP contribution in [0.5, 0.6) is 0 Å². The highest BCUT2D eigenvalue weighted by atomic mass is 16.4. The molecule has 2 aromatic rings. The van der Waals surface area contributed by atoms with Crippen LogP contribution < -0.4 is 20.2 Å². The second kappa shape index (κ2) is 7.15. The molecule has 0 unspecified atom stereocenters. The molecule has 0 amide bonds. The maximum atomic E-state index is 11.1. The maximum absolute atomic E-state index is 11.1. The molecule has 0 bridgehead atoms. The number of carbonyl (C=O) groups is 1. The van der Waals surface area contributed by atoms with Crippen molar-refractivity contribution in [2.75, 3.05) is 41.3 Å². The summed E-state index contributed by atoms with van der Waals surface area (Å²) in [5, 5.41) is 14.2. The van der Waals surface area contributed by atoms with E-state index in [1.165, 1.54) is 12.1 Å². The van der Waals surface area contributed by atoms with E-state index < -0.39 is 5.97 Å². The number of hydrogen-bond acceptors (Lipinski definition) is 8. The van der Waals surface area contributed by atoms with E-state index in [-0.39, 0.29) is 5.56 Å². The molecule has 4 rings (SSSR count). The number of hydrogen-bond donors (Lipinski definition) is 1. The fourth-order valence-corrected chi connectivity index (χ4v) is 3.38. The minimum Gasteiger partial charge on any atom is -0.545 e. The number of benzene rings is 1. The van der Waals surface area contributed by atoms with Crippen LogP contribution in [0.2, 0.25) is 0 Å². The second-order valence-corrected chi connectivity index (χ2v) is 6.64. The van der Waals surface area contributed by atoms with E-state index in [1.807, 2.05) is 0 Å². The standard InChI is InChI=1S/C18H22N6O2/c25-15(26)13-6-5-7-14(12-13)19-16-20-17(23-8-1-2-9-23)22-18(21-16)24-10-3-4-11-24/h5-7,12H,1-4,8-11H2,(H,25,26)(H,19,20,21,22)/p-1. The van der Waals surface area contributed by atoms with E-state index in [2.05, 4.69) is 30.1 Å². The molecule has 1 N–H and O–H groups in total. The van der Waals surface area contributed by atoms with Crippen LogP contribution in [0.15, 0.2) is 24.3 Å². The van der Waals surface area contributed by atoms with Crippen LogP contribution in [0.4, 0.5) is 23.5 Å². The topological polar surface area (TPSA) is 97.3 Å². The highest BCUT2D eigenvalue weighted by Gasteiger charge is 2.21. The zero-order valence-electron chi connectivity index (χ0n) is 14.5. The van der Waals surface area contributed by atoms with Gasteiger partial charge in [-0.1, -0.05) is 12.1 Å². The van der Waals surface area contributed by atoms with Crippen molar-refractivity contribution in [2.45, 2.75) is 25.7 Å². The summed E-state index contributed by atoms with van der Waals surface area (Å²) in [6, 6.07) is 6.46. The number of nitrogens with one attached hydrogen (secondary N) is 1. The molecule has 0 atom stereocenters. The average Bonchev–Trinajstić information content (AvgIpc) is 3.35. The first kappa shape index (κ1) is 16.6. The van der Waals surface area contributed by atoms with Crippen LogP contribution >= 0.6 is 0 Å². The van der Waals surface area contributed by atoms with Gasteiger partial charge < -0.3 is 25.0 Å². The quantitative estimate of drug-likeness (QED) is 0.856. The van der Waals surface area contributed by atoms with Gasteiger partial charge in [-0.2, -0.15) is 15.0 Å². The van der Waals surface area contributed by atoms with Crippen molar-refractivity contribution in [1.82, 2.24) is 15.0 Å². The van der Waals surface area contributed by atoms with E-state index in [9.17, 15) is 9.90 Å². The third kappa shape index (κ3) is 3.54. The number of aromatic nitrogens is 3. The van der Waals surface area contributed by atoms with Crippen LogP contribution in [-0.4, -0.2) is 47.1 Å². The van der Waals surface area contributed by atoms with Gasteiger partial charge in [-0.25, -0.2) is 0 Å². The predicted molar refractivity (Wildman–Crippen MR) is 96.8 cm³/mol. The summed E-state index contributed by atoms with van der Waals surface area (Å²) >= 11 is 0. The average molecular weight is 353 g/mol. The highest BCUT2D eigenvalue weighted by Crippen LogP contribution is 2.24. The molecule has 2 aliphatic rings. The van der Waals surface area contributed by atoms with Crippen LogP contribution in [0.1, 0.15) is 36.0 Å². The number of aromatic carboxylic acids is 1. The van der Waals surface area contributed by atoms with Crippen molar-refractivity contribution in [3.05, 3.63) is 29.8 Å². The van der Waals surface area contributed by atoms with Gasteiger partial charge in [-0.05, 0) is 43.4 Å². The Balaban J connectivity index is 1.65. The second-order valence-electron chi connectivity index (χ2n) is 6.64. The van der Waals surface area contributed by atoms with Crippen molar-refractivity contribution >= 4 is 29.5 Å². The number of nitrogens with zero attached hydrogens (tertiary/aromatic N) is 5. The molecular weight excluding hydrogens is 332 g/mol. The molecule has 26 heavy (non-hydrogen) atoms. The fourth-order valence-electron chi connectivity index (χ4n) is 3.38. The normalized spacial score (nSPS) is 16.9. The summed E-state index contributed by atoms with van der Waals surface area (Å²) in [7, 11) is 0. The molecule has 136 valence electrons. The van der Waals surface area contributed by atoms with Gasteiger partial charge >= 0.3 is 0 Å². The third-order valence-corrected chi connectivity index (χ3v) is 4.74. The van der Waals surface area contributed by atoms with Gasteiger partial charge in [0.05, 0.1) is 5.97 Å². The summed E-state index contributed by atoms with van der Waals surface area (Å²) in [4.78, 5) is 29.2. The number of carbonyl (C=O) groups excluding carboxylic acids is 1. The fraction of sp³-hybridized carbons (Fsp3) is 0.444. The van der Waals surface area contributed by atoms with Crippen molar-refractivity contribution in [3.63, 3.8) is 0 Å². The molecular formula is C18H21N6O2-. The Morgan fingerprint density at radius 2 is 1.50 bits per heavy atom. The zero-order chi connectivity index (χ0) is 17.9. The van der Waals surface area contributed by atoms with E-state index in [4.69, 9.17) is 0 Å². The van der Waals surface area contributed by atoms with Crippen molar-refractivity contribution in [1.29, 1.82) is 0 Å². The smallest absolute Gasteiger partial charge is 0.233 e. The van der Waals surface area contributed by atoms with Gasteiger partial charge in [-0.3, -0.25) is 0 Å². The molecule has 2 fully saturated rings. The molecule has 1 aromatic carbocycles. The lowest BCUT2D eigenvalue weighted by atomic mass is 10.2. The maximum Gasteiger partial charge on any atom is 0.233 e. The summed E-state index contributed by atoms with van der Waals surface area (Å²) < 4.78 is 0. The number of carboxylic acids is 1. The molecule has 0 aliphatic carbocycles. The van der Waals surface area contributed by atoms with Crippen molar-refractivity contribution in [2.24, 2.45) is 0 Å². The lowest BCUT2D eigenvalue weighted by Crippen LogP contribution is -2.26. The van der Waals surface area contributed by atoms with Gasteiger partial charge in [0.2, 0.25) is 17.8 Å². The predicted octanol–water partition coefficient (Wildman–Crippen LogP) is 1.18. The molecule has 2 aliphatic heterocycles. The molecule has 0 saturated carbocycles. The lowest BCUT2D eigenvalue weighted by molar-refractivity contribution is -0.255. The monoisotopic (exact) mass is 353 g/mol. The molecule has 8 heteroatoms. The van der Waals surface area contributed by atoms with Crippen molar-refractivity contribution < 1.29 is 9.90 Å². The summed E-state index contributed by atoms with van der Waals surface area (Å²) in [5.41, 5.74) is 0.723. The zero-order valence-corrected chi connectivity index (χ0v) is 14.5. The van der Waals surface area contributed by atoms with Gasteiger partial charge in [0.25, 0.3) is 0 Å². The Labute approximate surface area is 151 Å². The Hall–Kier alpha value is -2.90. The SMILES string of the molecule is O=C([O-])c1cccc(Nc2nc(N3CCCC3)nc(N3CCCC3)n2)c1. The van der Waals surface area contributed by atoms with E-state index >= 15 is 0 Å². The van der Waals surface area contributed by atoms with E-state index in [0.29, 0.717) is 23.5 Å². The number of carboxylic acid groups (broad SMARTS) is 1. The summed E-state index contributed by atoms with van der Waals surface area (Å²) in [5.74, 6) is 0.579. The minimum absolute atomic E-state index is 0.114. The van der Waals surface area contributed by atoms with Crippen molar-refractivity contribution in [3.8, 4) is 0 Å². The third-order valence-electron chi connectivity index (χ3n) is 4.74. The molecule has 3 heterocycles. The number of rotatable bonds is 5. The first-order chi connectivity index (χ1) is 12.7. The first-order valence-corrected chi connectivity index (χ1v) is 9.03. The molecule has 1 aromatic heterocycles. The minimum atomic E-state index is -1.21. The highest BCUT2D eigenvalue weighted by molar-refractivity contribution is 5.87. The van der Waals surface area contributed by atoms with Gasteiger partial charge in [0, 0.05) is 31.9 Å². The molecule has 0 spiro atoms. The molecule has 8 nitrogen and oxygen atoms in total. The molecule has 0 radical (unpaired) electrons. The Bertz CT molecular complexity index is 766. The van der Waals surface area contributed by atoms with Crippen LogP contribution in [0.3, 0.4) is 0 Å². The lowest BCUT2D eigenvalue weighted by Gasteiger charge is -2.21. The van der Waals surface area contributed by atoms with E-state index in [1.54, 1.807) is 12.1 Å². The van der Waals surface area contributed by atoms with Crippen LogP contribution in [0.25, 0.3) is 0 Å². The largest absolute Gasteiger partial charge is 0.545 e. The molecule has 2 saturated heterocycles. The summed E-state index contributed by atoms with van der Waals surface area (Å²) in [6.07, 6.45) is 4.56. The Kier molecular flexibility index (Phi) is 4.55. The van der Waals surface area contributed by atoms with Gasteiger partial charge in [0.15, 0.2) is 0 Å². The van der Waals surface area contributed by atoms with Gasteiger partial charge in [-0.15, -0.1) is 0 Å². The Morgan fingerprint density at radius 3 is 2.04 bits per heavy atom. The Morgan fingerprint density at radius 1 is 0.923 bits per heavy atom.